The summed E-state index contributed by atoms with van der Waals surface area (Å²) in [6.07, 6.45) is 0. The second kappa shape index (κ2) is 8.00. The number of amides is 1. The summed E-state index contributed by atoms with van der Waals surface area (Å²) >= 11 is 1.43. The van der Waals surface area contributed by atoms with E-state index in [0.717, 1.165) is 33.1 Å². The van der Waals surface area contributed by atoms with E-state index in [1.54, 1.807) is 0 Å². The fourth-order valence-corrected chi connectivity index (χ4v) is 5.16. The first kappa shape index (κ1) is 21.4. The molecule has 1 amide bonds. The van der Waals surface area contributed by atoms with Gasteiger partial charge in [-0.25, -0.2) is 0 Å². The van der Waals surface area contributed by atoms with Gasteiger partial charge in [0.2, 0.25) is 5.91 Å². The molecule has 4 aromatic rings. The van der Waals surface area contributed by atoms with Crippen LogP contribution in [0, 0.1) is 41.5 Å². The number of anilines is 1. The standard InChI is InChI=1S/C25H28N4OS/c1-13-8-16(4)22(17(5)9-13)26-24(30)19(7)31-25-28-27-21-12-15(3)20-11-14(2)10-18(6)23(20)29(21)25/h8-12,19H,1-7H3,(H,26,30). The number of nitrogens with one attached hydrogen (secondary N) is 1. The maximum absolute atomic E-state index is 13.0. The van der Waals surface area contributed by atoms with Crippen molar-refractivity contribution >= 4 is 39.9 Å². The van der Waals surface area contributed by atoms with Crippen LogP contribution in [0.2, 0.25) is 0 Å². The number of fused-ring (bicyclic) bond motifs is 3. The Morgan fingerprint density at radius 1 is 0.871 bits per heavy atom. The zero-order valence-electron chi connectivity index (χ0n) is 19.1. The molecule has 0 radical (unpaired) electrons. The molecule has 1 N–H and O–H groups in total. The Morgan fingerprint density at radius 3 is 2.16 bits per heavy atom. The van der Waals surface area contributed by atoms with Gasteiger partial charge in [0, 0.05) is 11.1 Å². The summed E-state index contributed by atoms with van der Waals surface area (Å²) in [7, 11) is 0. The number of carbonyl (C=O) groups is 1. The lowest BCUT2D eigenvalue weighted by molar-refractivity contribution is -0.115. The highest BCUT2D eigenvalue weighted by Crippen LogP contribution is 2.31. The molecule has 1 atom stereocenters. The molecular formula is C25H28N4OS. The molecule has 1 unspecified atom stereocenters. The molecule has 0 saturated heterocycles. The molecule has 2 heterocycles. The Balaban J connectivity index is 1.69. The second-order valence-corrected chi connectivity index (χ2v) is 9.81. The van der Waals surface area contributed by atoms with Crippen molar-refractivity contribution < 1.29 is 4.79 Å². The second-order valence-electron chi connectivity index (χ2n) is 8.50. The number of rotatable bonds is 4. The van der Waals surface area contributed by atoms with E-state index in [-0.39, 0.29) is 11.2 Å². The minimum absolute atomic E-state index is 0.0409. The smallest absolute Gasteiger partial charge is 0.237 e. The van der Waals surface area contributed by atoms with Crippen LogP contribution in [0.25, 0.3) is 16.6 Å². The van der Waals surface area contributed by atoms with Gasteiger partial charge in [0.1, 0.15) is 0 Å². The molecule has 0 aliphatic carbocycles. The van der Waals surface area contributed by atoms with Crippen LogP contribution in [-0.4, -0.2) is 25.8 Å². The van der Waals surface area contributed by atoms with Crippen LogP contribution in [-0.2, 0) is 4.79 Å². The number of thioether (sulfide) groups is 1. The summed E-state index contributed by atoms with van der Waals surface area (Å²) in [5.41, 5.74) is 9.71. The predicted octanol–water partition coefficient (Wildman–Crippen LogP) is 5.85. The summed E-state index contributed by atoms with van der Waals surface area (Å²) < 4.78 is 2.08. The third-order valence-electron chi connectivity index (χ3n) is 5.67. The summed E-state index contributed by atoms with van der Waals surface area (Å²) in [4.78, 5) is 13.0. The number of aromatic nitrogens is 3. The van der Waals surface area contributed by atoms with E-state index in [2.05, 4.69) is 77.9 Å². The topological polar surface area (TPSA) is 59.3 Å². The Bertz CT molecular complexity index is 1320. The van der Waals surface area contributed by atoms with Crippen molar-refractivity contribution in [2.75, 3.05) is 5.32 Å². The monoisotopic (exact) mass is 432 g/mol. The summed E-state index contributed by atoms with van der Waals surface area (Å²) in [6.45, 7) is 14.4. The van der Waals surface area contributed by atoms with E-state index in [4.69, 9.17) is 0 Å². The summed E-state index contributed by atoms with van der Waals surface area (Å²) in [5, 5.41) is 13.5. The lowest BCUT2D eigenvalue weighted by Gasteiger charge is -2.16. The highest BCUT2D eigenvalue weighted by Gasteiger charge is 2.21. The molecule has 160 valence electrons. The lowest BCUT2D eigenvalue weighted by atomic mass is 10.0. The van der Waals surface area contributed by atoms with Gasteiger partial charge < -0.3 is 5.32 Å². The fourth-order valence-electron chi connectivity index (χ4n) is 4.30. The van der Waals surface area contributed by atoms with Crippen molar-refractivity contribution in [3.8, 4) is 0 Å². The van der Waals surface area contributed by atoms with Gasteiger partial charge in [-0.05, 0) is 82.9 Å². The van der Waals surface area contributed by atoms with Crippen LogP contribution in [0.15, 0.2) is 35.5 Å². The van der Waals surface area contributed by atoms with Gasteiger partial charge in [-0.1, -0.05) is 41.1 Å². The first-order valence-corrected chi connectivity index (χ1v) is 11.3. The zero-order valence-corrected chi connectivity index (χ0v) is 19.9. The Labute approximate surface area is 187 Å². The molecule has 0 aliphatic heterocycles. The van der Waals surface area contributed by atoms with Gasteiger partial charge in [-0.2, -0.15) is 0 Å². The molecule has 0 bridgehead atoms. The van der Waals surface area contributed by atoms with Crippen molar-refractivity contribution in [1.82, 2.24) is 14.6 Å². The maximum atomic E-state index is 13.0. The average molecular weight is 433 g/mol. The van der Waals surface area contributed by atoms with E-state index in [9.17, 15) is 4.79 Å². The minimum atomic E-state index is -0.324. The van der Waals surface area contributed by atoms with Crippen molar-refractivity contribution in [2.24, 2.45) is 0 Å². The normalized spacial score (nSPS) is 12.5. The Hall–Kier alpha value is -2.86. The van der Waals surface area contributed by atoms with Crippen molar-refractivity contribution in [2.45, 2.75) is 58.9 Å². The SMILES string of the molecule is Cc1cc(C)c(NC(=O)C(C)Sc2nnc3cc(C)c4cc(C)cc(C)c4n23)c(C)c1. The highest BCUT2D eigenvalue weighted by atomic mass is 32.2. The van der Waals surface area contributed by atoms with Crippen molar-refractivity contribution in [3.05, 3.63) is 63.7 Å². The molecule has 0 fully saturated rings. The molecule has 0 saturated carbocycles. The van der Waals surface area contributed by atoms with E-state index in [1.165, 1.54) is 39.4 Å². The number of hydrogen-bond acceptors (Lipinski definition) is 4. The summed E-state index contributed by atoms with van der Waals surface area (Å²) in [5.74, 6) is -0.0409. The number of benzene rings is 2. The van der Waals surface area contributed by atoms with Gasteiger partial charge in [0.25, 0.3) is 0 Å². The molecular weight excluding hydrogens is 404 g/mol. The number of carbonyl (C=O) groups excluding carboxylic acids is 1. The molecule has 6 heteroatoms. The van der Waals surface area contributed by atoms with E-state index >= 15 is 0 Å². The van der Waals surface area contributed by atoms with Crippen LogP contribution in [0.5, 0.6) is 0 Å². The summed E-state index contributed by atoms with van der Waals surface area (Å²) in [6, 6.07) is 10.6. The molecule has 5 nitrogen and oxygen atoms in total. The Morgan fingerprint density at radius 2 is 1.48 bits per heavy atom. The molecule has 4 rings (SSSR count). The van der Waals surface area contributed by atoms with Gasteiger partial charge >= 0.3 is 0 Å². The zero-order chi connectivity index (χ0) is 22.4. The largest absolute Gasteiger partial charge is 0.325 e. The average Bonchev–Trinajstić information content (AvgIpc) is 3.06. The Kier molecular flexibility index (Phi) is 5.52. The van der Waals surface area contributed by atoms with E-state index in [1.807, 2.05) is 20.8 Å². The van der Waals surface area contributed by atoms with Crippen LogP contribution in [0.4, 0.5) is 5.69 Å². The van der Waals surface area contributed by atoms with Crippen LogP contribution in [0.1, 0.15) is 40.3 Å². The number of nitrogens with zero attached hydrogens (tertiary/aromatic N) is 3. The molecule has 0 aliphatic rings. The first-order valence-electron chi connectivity index (χ1n) is 10.5. The number of aryl methyl sites for hydroxylation is 6. The van der Waals surface area contributed by atoms with Gasteiger partial charge in [0.15, 0.2) is 10.8 Å². The van der Waals surface area contributed by atoms with Crippen LogP contribution >= 0.6 is 11.8 Å². The fraction of sp³-hybridized carbons (Fsp3) is 0.320. The molecule has 2 aromatic heterocycles. The number of hydrogen-bond donors (Lipinski definition) is 1. The maximum Gasteiger partial charge on any atom is 0.237 e. The van der Waals surface area contributed by atoms with E-state index in [0.29, 0.717) is 0 Å². The van der Waals surface area contributed by atoms with E-state index < -0.39 is 0 Å². The third-order valence-corrected chi connectivity index (χ3v) is 6.72. The van der Waals surface area contributed by atoms with Crippen LogP contribution in [0.3, 0.4) is 0 Å². The van der Waals surface area contributed by atoms with Crippen molar-refractivity contribution in [1.29, 1.82) is 0 Å². The molecule has 0 spiro atoms. The lowest BCUT2D eigenvalue weighted by Crippen LogP contribution is -2.23. The number of pyridine rings is 1. The van der Waals surface area contributed by atoms with Gasteiger partial charge in [-0.3, -0.25) is 9.20 Å². The van der Waals surface area contributed by atoms with Gasteiger partial charge in [0.05, 0.1) is 10.8 Å². The molecule has 31 heavy (non-hydrogen) atoms. The molecule has 2 aromatic carbocycles. The third kappa shape index (κ3) is 3.92. The van der Waals surface area contributed by atoms with Crippen molar-refractivity contribution in [3.63, 3.8) is 0 Å². The van der Waals surface area contributed by atoms with Crippen LogP contribution < -0.4 is 5.32 Å². The highest BCUT2D eigenvalue weighted by molar-refractivity contribution is 8.00. The predicted molar refractivity (Wildman–Crippen MR) is 129 cm³/mol. The first-order chi connectivity index (χ1) is 14.7. The minimum Gasteiger partial charge on any atom is -0.325 e. The quantitative estimate of drug-likeness (QED) is 0.411. The van der Waals surface area contributed by atoms with Gasteiger partial charge in [-0.15, -0.1) is 10.2 Å².